The summed E-state index contributed by atoms with van der Waals surface area (Å²) in [5, 5.41) is 0. The van der Waals surface area contributed by atoms with Gasteiger partial charge in [-0.3, -0.25) is 4.90 Å². The van der Waals surface area contributed by atoms with Crippen LogP contribution in [0, 0.1) is 5.41 Å². The molecule has 3 fully saturated rings. The van der Waals surface area contributed by atoms with Crippen LogP contribution < -0.4 is 0 Å². The van der Waals surface area contributed by atoms with Crippen molar-refractivity contribution in [1.29, 1.82) is 0 Å². The molecule has 3 heterocycles. The number of likely N-dealkylation sites (tertiary alicyclic amines) is 2. The molecule has 0 aromatic carbocycles. The second-order valence-corrected chi connectivity index (χ2v) is 8.69. The molecule has 0 radical (unpaired) electrons. The first kappa shape index (κ1) is 17.7. The summed E-state index contributed by atoms with van der Waals surface area (Å²) in [5.74, 6) is 0. The van der Waals surface area contributed by atoms with E-state index in [4.69, 9.17) is 0 Å². The first-order chi connectivity index (χ1) is 11.1. The molecular weight excluding hydrogens is 284 g/mol. The summed E-state index contributed by atoms with van der Waals surface area (Å²) in [6, 6.07) is 0.714. The average Bonchev–Trinajstić information content (AvgIpc) is 2.88. The Bertz CT molecular complexity index is 360. The van der Waals surface area contributed by atoms with Gasteiger partial charge in [0, 0.05) is 45.3 Å². The molecule has 134 valence electrons. The molecule has 1 unspecified atom stereocenters. The largest absolute Gasteiger partial charge is 0.306 e. The van der Waals surface area contributed by atoms with E-state index in [1.807, 2.05) is 0 Å². The van der Waals surface area contributed by atoms with Gasteiger partial charge in [0.2, 0.25) is 0 Å². The molecule has 0 N–H and O–H groups in total. The zero-order valence-electron chi connectivity index (χ0n) is 15.8. The molecule has 0 aromatic heterocycles. The number of piperazine rings is 1. The Morgan fingerprint density at radius 1 is 0.826 bits per heavy atom. The highest BCUT2D eigenvalue weighted by Crippen LogP contribution is 2.38. The number of hydrogen-bond acceptors (Lipinski definition) is 4. The second kappa shape index (κ2) is 7.81. The van der Waals surface area contributed by atoms with Gasteiger partial charge in [-0.05, 0) is 78.2 Å². The maximum atomic E-state index is 2.77. The first-order valence-electron chi connectivity index (χ1n) is 9.94. The van der Waals surface area contributed by atoms with E-state index in [-0.39, 0.29) is 0 Å². The van der Waals surface area contributed by atoms with Crippen molar-refractivity contribution < 1.29 is 0 Å². The van der Waals surface area contributed by atoms with Crippen molar-refractivity contribution in [2.75, 3.05) is 72.5 Å². The lowest BCUT2D eigenvalue weighted by Crippen LogP contribution is -2.49. The van der Waals surface area contributed by atoms with Crippen molar-refractivity contribution >= 4 is 0 Å². The molecule has 0 bridgehead atoms. The summed E-state index contributed by atoms with van der Waals surface area (Å²) in [6.07, 6.45) is 5.66. The van der Waals surface area contributed by atoms with Gasteiger partial charge in [-0.2, -0.15) is 0 Å². The van der Waals surface area contributed by atoms with Crippen LogP contribution in [-0.4, -0.2) is 98.1 Å². The van der Waals surface area contributed by atoms with Crippen molar-refractivity contribution in [3.8, 4) is 0 Å². The lowest BCUT2D eigenvalue weighted by atomic mass is 9.79. The molecule has 0 amide bonds. The molecule has 3 rings (SSSR count). The van der Waals surface area contributed by atoms with Crippen LogP contribution >= 0.6 is 0 Å². The smallest absolute Gasteiger partial charge is 0.0113 e. The van der Waals surface area contributed by atoms with Gasteiger partial charge in [-0.15, -0.1) is 0 Å². The number of nitrogens with zero attached hydrogens (tertiary/aromatic N) is 4. The summed E-state index contributed by atoms with van der Waals surface area (Å²) in [6.45, 7) is 17.7. The van der Waals surface area contributed by atoms with E-state index in [1.165, 1.54) is 91.1 Å². The van der Waals surface area contributed by atoms with E-state index < -0.39 is 0 Å². The summed E-state index contributed by atoms with van der Waals surface area (Å²) >= 11 is 0. The molecular formula is C19H38N4. The molecule has 4 nitrogen and oxygen atoms in total. The first-order valence-corrected chi connectivity index (χ1v) is 9.94. The SMILES string of the molecule is CC(C)N1CCN(CCCN2CCCC3(CCN(C)C3)C2)CC1. The zero-order chi connectivity index (χ0) is 16.3. The highest BCUT2D eigenvalue weighted by Gasteiger charge is 2.39. The van der Waals surface area contributed by atoms with Crippen LogP contribution in [-0.2, 0) is 0 Å². The Labute approximate surface area is 143 Å². The van der Waals surface area contributed by atoms with E-state index in [2.05, 4.69) is 40.5 Å². The van der Waals surface area contributed by atoms with Gasteiger partial charge in [0.25, 0.3) is 0 Å². The Hall–Kier alpha value is -0.160. The predicted octanol–water partition coefficient (Wildman–Crippen LogP) is 1.82. The predicted molar refractivity (Wildman–Crippen MR) is 98.0 cm³/mol. The summed E-state index contributed by atoms with van der Waals surface area (Å²) in [4.78, 5) is 10.6. The lowest BCUT2D eigenvalue weighted by molar-refractivity contribution is 0.0813. The molecule has 0 aromatic rings. The van der Waals surface area contributed by atoms with Crippen LogP contribution in [0.3, 0.4) is 0 Å². The molecule has 3 saturated heterocycles. The molecule has 1 spiro atoms. The van der Waals surface area contributed by atoms with Gasteiger partial charge in [0.05, 0.1) is 0 Å². The Balaban J connectivity index is 1.35. The van der Waals surface area contributed by atoms with Crippen molar-refractivity contribution in [2.45, 2.75) is 45.6 Å². The third-order valence-corrected chi connectivity index (χ3v) is 6.46. The summed E-state index contributed by atoms with van der Waals surface area (Å²) in [5.41, 5.74) is 0.635. The Kier molecular flexibility index (Phi) is 6.00. The number of rotatable bonds is 5. The minimum atomic E-state index is 0.635. The Morgan fingerprint density at radius 3 is 2.22 bits per heavy atom. The molecule has 23 heavy (non-hydrogen) atoms. The Morgan fingerprint density at radius 2 is 1.57 bits per heavy atom. The normalized spacial score (nSPS) is 32.3. The van der Waals surface area contributed by atoms with Crippen LogP contribution in [0.5, 0.6) is 0 Å². The van der Waals surface area contributed by atoms with Crippen LogP contribution in [0.15, 0.2) is 0 Å². The topological polar surface area (TPSA) is 13.0 Å². The van der Waals surface area contributed by atoms with Crippen LogP contribution in [0.1, 0.15) is 39.5 Å². The fraction of sp³-hybridized carbons (Fsp3) is 1.00. The van der Waals surface area contributed by atoms with Crippen LogP contribution in [0.4, 0.5) is 0 Å². The van der Waals surface area contributed by atoms with Gasteiger partial charge < -0.3 is 14.7 Å². The molecule has 1 atom stereocenters. The molecule has 0 saturated carbocycles. The maximum absolute atomic E-state index is 2.77. The standard InChI is InChI=1S/C19H38N4/c1-18(2)23-14-12-21(13-15-23)9-5-10-22-8-4-6-19(17-22)7-11-20(3)16-19/h18H,4-17H2,1-3H3. The highest BCUT2D eigenvalue weighted by molar-refractivity contribution is 4.94. The van der Waals surface area contributed by atoms with Crippen molar-refractivity contribution in [3.63, 3.8) is 0 Å². The van der Waals surface area contributed by atoms with E-state index in [0.29, 0.717) is 11.5 Å². The van der Waals surface area contributed by atoms with Gasteiger partial charge in [-0.1, -0.05) is 0 Å². The quantitative estimate of drug-likeness (QED) is 0.765. The van der Waals surface area contributed by atoms with Gasteiger partial charge in [0.15, 0.2) is 0 Å². The van der Waals surface area contributed by atoms with Crippen molar-refractivity contribution in [1.82, 2.24) is 19.6 Å². The minimum absolute atomic E-state index is 0.635. The van der Waals surface area contributed by atoms with E-state index in [9.17, 15) is 0 Å². The summed E-state index contributed by atoms with van der Waals surface area (Å²) in [7, 11) is 2.30. The van der Waals surface area contributed by atoms with Crippen LogP contribution in [0.25, 0.3) is 0 Å². The summed E-state index contributed by atoms with van der Waals surface area (Å²) < 4.78 is 0. The number of piperidine rings is 1. The molecule has 3 aliphatic heterocycles. The minimum Gasteiger partial charge on any atom is -0.306 e. The lowest BCUT2D eigenvalue weighted by Gasteiger charge is -2.41. The third kappa shape index (κ3) is 4.68. The molecule has 3 aliphatic rings. The average molecular weight is 323 g/mol. The zero-order valence-corrected chi connectivity index (χ0v) is 15.8. The maximum Gasteiger partial charge on any atom is 0.0113 e. The van der Waals surface area contributed by atoms with E-state index in [1.54, 1.807) is 0 Å². The highest BCUT2D eigenvalue weighted by atomic mass is 15.3. The van der Waals surface area contributed by atoms with Gasteiger partial charge >= 0.3 is 0 Å². The monoisotopic (exact) mass is 322 g/mol. The van der Waals surface area contributed by atoms with Gasteiger partial charge in [0.1, 0.15) is 0 Å². The van der Waals surface area contributed by atoms with E-state index in [0.717, 1.165) is 0 Å². The van der Waals surface area contributed by atoms with Crippen molar-refractivity contribution in [3.05, 3.63) is 0 Å². The third-order valence-electron chi connectivity index (χ3n) is 6.46. The van der Waals surface area contributed by atoms with E-state index >= 15 is 0 Å². The molecule has 0 aliphatic carbocycles. The fourth-order valence-corrected chi connectivity index (χ4v) is 5.01. The fourth-order valence-electron chi connectivity index (χ4n) is 5.01. The molecule has 4 heteroatoms. The second-order valence-electron chi connectivity index (χ2n) is 8.69. The van der Waals surface area contributed by atoms with Crippen molar-refractivity contribution in [2.24, 2.45) is 5.41 Å². The number of hydrogen-bond donors (Lipinski definition) is 0. The van der Waals surface area contributed by atoms with Gasteiger partial charge in [-0.25, -0.2) is 0 Å². The van der Waals surface area contributed by atoms with Crippen LogP contribution in [0.2, 0.25) is 0 Å².